The summed E-state index contributed by atoms with van der Waals surface area (Å²) in [5.74, 6) is 1.22. The van der Waals surface area contributed by atoms with Crippen LogP contribution in [0.1, 0.15) is 0 Å². The molecule has 0 aliphatic carbocycles. The summed E-state index contributed by atoms with van der Waals surface area (Å²) in [6.45, 7) is 0. The number of H-pyrrole nitrogens is 1. The summed E-state index contributed by atoms with van der Waals surface area (Å²) in [4.78, 5) is 3.16. The van der Waals surface area contributed by atoms with Gasteiger partial charge in [-0.2, -0.15) is 0 Å². The standard InChI is InChI=1S/C17H14N6O/c1-24-15-5-2-13(3-6-15)19-20-17-11-23(22-21-17)14-4-7-16-12(10-14)8-9-18-16/h2-11,18H,1H3. The molecule has 0 aliphatic rings. The third-order valence-electron chi connectivity index (χ3n) is 3.62. The highest BCUT2D eigenvalue weighted by molar-refractivity contribution is 5.81. The maximum atomic E-state index is 5.11. The molecule has 0 aliphatic heterocycles. The first-order valence-corrected chi connectivity index (χ1v) is 7.37. The molecule has 0 unspecified atom stereocenters. The molecule has 4 rings (SSSR count). The van der Waals surface area contributed by atoms with Crippen LogP contribution in [0.4, 0.5) is 11.5 Å². The van der Waals surface area contributed by atoms with Crippen LogP contribution in [-0.4, -0.2) is 27.1 Å². The van der Waals surface area contributed by atoms with Gasteiger partial charge in [0.1, 0.15) is 5.75 Å². The Morgan fingerprint density at radius 3 is 2.75 bits per heavy atom. The first kappa shape index (κ1) is 14.1. The third-order valence-corrected chi connectivity index (χ3v) is 3.62. The number of ether oxygens (including phenoxy) is 1. The van der Waals surface area contributed by atoms with Crippen molar-refractivity contribution < 1.29 is 4.74 Å². The van der Waals surface area contributed by atoms with E-state index in [-0.39, 0.29) is 0 Å². The van der Waals surface area contributed by atoms with Gasteiger partial charge in [0.15, 0.2) is 0 Å². The molecular formula is C17H14N6O. The average molecular weight is 318 g/mol. The van der Waals surface area contributed by atoms with E-state index in [1.807, 2.05) is 54.7 Å². The highest BCUT2D eigenvalue weighted by atomic mass is 16.5. The summed E-state index contributed by atoms with van der Waals surface area (Å²) in [6, 6.07) is 15.3. The molecule has 2 aromatic heterocycles. The predicted octanol–water partition coefficient (Wildman–Crippen LogP) is 4.17. The molecule has 1 N–H and O–H groups in total. The van der Waals surface area contributed by atoms with Crippen LogP contribution in [0.3, 0.4) is 0 Å². The molecule has 7 heteroatoms. The zero-order valence-electron chi connectivity index (χ0n) is 12.9. The second-order valence-corrected chi connectivity index (χ2v) is 5.17. The number of aromatic nitrogens is 4. The number of aromatic amines is 1. The number of rotatable bonds is 4. The van der Waals surface area contributed by atoms with Crippen molar-refractivity contribution in [2.45, 2.75) is 0 Å². The van der Waals surface area contributed by atoms with E-state index in [1.54, 1.807) is 18.0 Å². The summed E-state index contributed by atoms with van der Waals surface area (Å²) >= 11 is 0. The Bertz CT molecular complexity index is 999. The minimum atomic E-state index is 0.444. The molecule has 2 aromatic carbocycles. The summed E-state index contributed by atoms with van der Waals surface area (Å²) in [7, 11) is 1.62. The lowest BCUT2D eigenvalue weighted by Crippen LogP contribution is -1.94. The number of nitrogens with one attached hydrogen (secondary N) is 1. The van der Waals surface area contributed by atoms with E-state index in [0.717, 1.165) is 28.0 Å². The maximum Gasteiger partial charge on any atom is 0.216 e. The maximum absolute atomic E-state index is 5.11. The van der Waals surface area contributed by atoms with E-state index in [9.17, 15) is 0 Å². The Morgan fingerprint density at radius 1 is 1.04 bits per heavy atom. The summed E-state index contributed by atoms with van der Waals surface area (Å²) < 4.78 is 6.78. The van der Waals surface area contributed by atoms with Gasteiger partial charge in [0.25, 0.3) is 0 Å². The van der Waals surface area contributed by atoms with Crippen molar-refractivity contribution in [2.75, 3.05) is 7.11 Å². The Balaban J connectivity index is 1.56. The molecule has 0 spiro atoms. The average Bonchev–Trinajstić information content (AvgIpc) is 3.29. The van der Waals surface area contributed by atoms with E-state index in [1.165, 1.54) is 0 Å². The zero-order valence-corrected chi connectivity index (χ0v) is 12.9. The first-order valence-electron chi connectivity index (χ1n) is 7.37. The Morgan fingerprint density at radius 2 is 1.92 bits per heavy atom. The normalized spacial score (nSPS) is 11.4. The van der Waals surface area contributed by atoms with Gasteiger partial charge in [-0.15, -0.1) is 15.3 Å². The zero-order chi connectivity index (χ0) is 16.4. The summed E-state index contributed by atoms with van der Waals surface area (Å²) in [5.41, 5.74) is 2.72. The monoisotopic (exact) mass is 318 g/mol. The van der Waals surface area contributed by atoms with Gasteiger partial charge in [0, 0.05) is 17.1 Å². The molecule has 24 heavy (non-hydrogen) atoms. The van der Waals surface area contributed by atoms with E-state index in [0.29, 0.717) is 5.82 Å². The largest absolute Gasteiger partial charge is 0.497 e. The van der Waals surface area contributed by atoms with Crippen molar-refractivity contribution in [3.8, 4) is 11.4 Å². The van der Waals surface area contributed by atoms with Crippen LogP contribution < -0.4 is 4.74 Å². The minimum Gasteiger partial charge on any atom is -0.497 e. The van der Waals surface area contributed by atoms with Gasteiger partial charge in [-0.25, -0.2) is 4.68 Å². The van der Waals surface area contributed by atoms with Crippen LogP contribution in [0.5, 0.6) is 5.75 Å². The van der Waals surface area contributed by atoms with Crippen molar-refractivity contribution >= 4 is 22.4 Å². The lowest BCUT2D eigenvalue weighted by Gasteiger charge is -1.99. The predicted molar refractivity (Wildman–Crippen MR) is 90.4 cm³/mol. The van der Waals surface area contributed by atoms with Crippen LogP contribution >= 0.6 is 0 Å². The SMILES string of the molecule is COc1ccc(N=Nc2cn(-c3ccc4[nH]ccc4c3)nn2)cc1. The van der Waals surface area contributed by atoms with Crippen LogP contribution in [0, 0.1) is 0 Å². The first-order chi connectivity index (χ1) is 11.8. The third kappa shape index (κ3) is 2.74. The highest BCUT2D eigenvalue weighted by Crippen LogP contribution is 2.21. The molecule has 0 amide bonds. The fourth-order valence-corrected chi connectivity index (χ4v) is 2.37. The summed E-state index contributed by atoms with van der Waals surface area (Å²) in [5, 5.41) is 17.5. The number of hydrogen-bond acceptors (Lipinski definition) is 5. The Labute approximate surface area is 137 Å². The quantitative estimate of drug-likeness (QED) is 0.573. The van der Waals surface area contributed by atoms with Crippen molar-refractivity contribution in [2.24, 2.45) is 10.2 Å². The van der Waals surface area contributed by atoms with Crippen LogP contribution in [0.2, 0.25) is 0 Å². The molecule has 7 nitrogen and oxygen atoms in total. The fourth-order valence-electron chi connectivity index (χ4n) is 2.37. The molecule has 0 fully saturated rings. The topological polar surface area (TPSA) is 80.5 Å². The second kappa shape index (κ2) is 5.96. The molecule has 0 atom stereocenters. The van der Waals surface area contributed by atoms with Gasteiger partial charge in [-0.1, -0.05) is 5.21 Å². The number of azo groups is 1. The molecule has 0 saturated heterocycles. The minimum absolute atomic E-state index is 0.444. The number of fused-ring (bicyclic) bond motifs is 1. The molecular weight excluding hydrogens is 304 g/mol. The van der Waals surface area contributed by atoms with Gasteiger partial charge in [-0.3, -0.25) is 0 Å². The summed E-state index contributed by atoms with van der Waals surface area (Å²) in [6.07, 6.45) is 3.64. The molecule has 0 radical (unpaired) electrons. The Kier molecular flexibility index (Phi) is 3.51. The number of benzene rings is 2. The smallest absolute Gasteiger partial charge is 0.216 e. The van der Waals surface area contributed by atoms with Gasteiger partial charge in [0.05, 0.1) is 24.7 Å². The Hall–Kier alpha value is -3.48. The van der Waals surface area contributed by atoms with Crippen molar-refractivity contribution in [3.63, 3.8) is 0 Å². The number of methoxy groups -OCH3 is 1. The van der Waals surface area contributed by atoms with Crippen LogP contribution in [-0.2, 0) is 0 Å². The van der Waals surface area contributed by atoms with Gasteiger partial charge in [0.2, 0.25) is 5.82 Å². The second-order valence-electron chi connectivity index (χ2n) is 5.17. The number of hydrogen-bond donors (Lipinski definition) is 1. The van der Waals surface area contributed by atoms with E-state index in [2.05, 4.69) is 25.5 Å². The number of nitrogens with zero attached hydrogens (tertiary/aromatic N) is 5. The van der Waals surface area contributed by atoms with Crippen LogP contribution in [0.15, 0.2) is 71.2 Å². The molecule has 118 valence electrons. The lowest BCUT2D eigenvalue weighted by atomic mass is 10.2. The molecule has 4 aromatic rings. The van der Waals surface area contributed by atoms with Crippen molar-refractivity contribution in [1.82, 2.24) is 20.0 Å². The van der Waals surface area contributed by atoms with Crippen molar-refractivity contribution in [3.05, 3.63) is 60.9 Å². The van der Waals surface area contributed by atoms with Gasteiger partial charge < -0.3 is 9.72 Å². The highest BCUT2D eigenvalue weighted by Gasteiger charge is 2.04. The molecule has 2 heterocycles. The van der Waals surface area contributed by atoms with E-state index in [4.69, 9.17) is 4.74 Å². The van der Waals surface area contributed by atoms with Gasteiger partial charge >= 0.3 is 0 Å². The van der Waals surface area contributed by atoms with Gasteiger partial charge in [-0.05, 0) is 48.5 Å². The van der Waals surface area contributed by atoms with E-state index < -0.39 is 0 Å². The lowest BCUT2D eigenvalue weighted by molar-refractivity contribution is 0.415. The molecule has 0 bridgehead atoms. The molecule has 0 saturated carbocycles. The van der Waals surface area contributed by atoms with Crippen LogP contribution in [0.25, 0.3) is 16.6 Å². The fraction of sp³-hybridized carbons (Fsp3) is 0.0588. The van der Waals surface area contributed by atoms with E-state index >= 15 is 0 Å². The van der Waals surface area contributed by atoms with Crippen molar-refractivity contribution in [1.29, 1.82) is 0 Å².